The van der Waals surface area contributed by atoms with E-state index in [1.807, 2.05) is 36.4 Å². The van der Waals surface area contributed by atoms with Gasteiger partial charge in [0.05, 0.1) is 11.2 Å². The summed E-state index contributed by atoms with van der Waals surface area (Å²) in [5.41, 5.74) is 9.33. The SMILES string of the molecule is c1ccc(-c2nc(-c3cccc(-c4nc5ccccc5c5c(-c6ccc7c8ccccc8c8ccccc8c7c6)c6c(cc45)oc4ccccc46)c3)nc(-c3cccc4ccccc34)n2)cc1. The van der Waals surface area contributed by atoms with Crippen LogP contribution in [0.5, 0.6) is 0 Å². The molecule has 0 spiro atoms. The Morgan fingerprint density at radius 3 is 1.64 bits per heavy atom. The number of benzene rings is 11. The molecule has 0 saturated carbocycles. The number of aromatic nitrogens is 4. The molecular weight excluding hydrogens is 817 g/mol. The van der Waals surface area contributed by atoms with Gasteiger partial charge >= 0.3 is 0 Å². The summed E-state index contributed by atoms with van der Waals surface area (Å²) in [5.74, 6) is 1.81. The van der Waals surface area contributed by atoms with Crippen LogP contribution >= 0.6 is 0 Å². The Morgan fingerprint density at radius 2 is 0.851 bits per heavy atom. The van der Waals surface area contributed by atoms with Crippen molar-refractivity contribution in [1.82, 2.24) is 19.9 Å². The fraction of sp³-hybridized carbons (Fsp3) is 0. The molecule has 0 fully saturated rings. The van der Waals surface area contributed by atoms with Gasteiger partial charge in [0.1, 0.15) is 11.2 Å². The molecule has 5 nitrogen and oxygen atoms in total. The van der Waals surface area contributed by atoms with Gasteiger partial charge in [0, 0.05) is 54.7 Å². The second-order valence-corrected chi connectivity index (χ2v) is 17.3. The van der Waals surface area contributed by atoms with Gasteiger partial charge in [-0.25, -0.2) is 19.9 Å². The Morgan fingerprint density at radius 1 is 0.284 bits per heavy atom. The van der Waals surface area contributed by atoms with Crippen molar-refractivity contribution >= 4 is 86.7 Å². The third kappa shape index (κ3) is 5.88. The average molecular weight is 853 g/mol. The highest BCUT2D eigenvalue weighted by Crippen LogP contribution is 2.48. The van der Waals surface area contributed by atoms with Gasteiger partial charge in [0.2, 0.25) is 0 Å². The first-order chi connectivity index (χ1) is 33.2. The summed E-state index contributed by atoms with van der Waals surface area (Å²) >= 11 is 0. The fourth-order valence-corrected chi connectivity index (χ4v) is 10.5. The van der Waals surface area contributed by atoms with Crippen LogP contribution < -0.4 is 0 Å². The molecule has 11 aromatic carbocycles. The van der Waals surface area contributed by atoms with Crippen molar-refractivity contribution in [2.24, 2.45) is 0 Å². The van der Waals surface area contributed by atoms with Crippen molar-refractivity contribution in [1.29, 1.82) is 0 Å². The molecule has 0 saturated heterocycles. The van der Waals surface area contributed by atoms with E-state index >= 15 is 0 Å². The van der Waals surface area contributed by atoms with E-state index in [9.17, 15) is 0 Å². The Bertz CT molecular complexity index is 4310. The van der Waals surface area contributed by atoms with Crippen molar-refractivity contribution in [2.45, 2.75) is 0 Å². The van der Waals surface area contributed by atoms with E-state index in [4.69, 9.17) is 24.4 Å². The van der Waals surface area contributed by atoms with Crippen LogP contribution in [-0.4, -0.2) is 19.9 Å². The molecule has 0 atom stereocenters. The molecule has 310 valence electrons. The van der Waals surface area contributed by atoms with E-state index in [2.05, 4.69) is 182 Å². The molecule has 0 amide bonds. The number of hydrogen-bond donors (Lipinski definition) is 0. The molecule has 0 bridgehead atoms. The highest BCUT2D eigenvalue weighted by molar-refractivity contribution is 6.30. The number of pyridine rings is 1. The Balaban J connectivity index is 1.04. The maximum atomic E-state index is 6.82. The second kappa shape index (κ2) is 14.7. The first kappa shape index (κ1) is 37.3. The molecule has 3 aromatic heterocycles. The van der Waals surface area contributed by atoms with Crippen LogP contribution in [0.3, 0.4) is 0 Å². The van der Waals surface area contributed by atoms with E-state index < -0.39 is 0 Å². The summed E-state index contributed by atoms with van der Waals surface area (Å²) in [6.45, 7) is 0. The zero-order chi connectivity index (χ0) is 44.0. The summed E-state index contributed by atoms with van der Waals surface area (Å²) in [7, 11) is 0. The van der Waals surface area contributed by atoms with Crippen LogP contribution in [0.2, 0.25) is 0 Å². The number of fused-ring (bicyclic) bond motifs is 13. The molecule has 0 N–H and O–H groups in total. The lowest BCUT2D eigenvalue weighted by Gasteiger charge is -2.17. The van der Waals surface area contributed by atoms with Gasteiger partial charge < -0.3 is 4.42 Å². The fourth-order valence-electron chi connectivity index (χ4n) is 10.5. The molecule has 14 aromatic rings. The first-order valence-corrected chi connectivity index (χ1v) is 22.6. The van der Waals surface area contributed by atoms with Crippen molar-refractivity contribution in [3.8, 4) is 56.5 Å². The predicted molar refractivity (Wildman–Crippen MR) is 277 cm³/mol. The van der Waals surface area contributed by atoms with Gasteiger partial charge in [0.15, 0.2) is 17.5 Å². The van der Waals surface area contributed by atoms with Gasteiger partial charge in [-0.3, -0.25) is 0 Å². The lowest BCUT2D eigenvalue weighted by atomic mass is 9.87. The summed E-state index contributed by atoms with van der Waals surface area (Å²) in [4.78, 5) is 21.0. The Hall–Kier alpha value is -9.06. The summed E-state index contributed by atoms with van der Waals surface area (Å²) in [6.07, 6.45) is 0. The Kier molecular flexibility index (Phi) is 8.21. The molecule has 14 rings (SSSR count). The van der Waals surface area contributed by atoms with Gasteiger partial charge in [0.25, 0.3) is 0 Å². The predicted octanol–water partition coefficient (Wildman–Crippen LogP) is 16.4. The van der Waals surface area contributed by atoms with Crippen LogP contribution in [0.15, 0.2) is 223 Å². The third-order valence-electron chi connectivity index (χ3n) is 13.5. The van der Waals surface area contributed by atoms with E-state index in [1.165, 1.54) is 32.3 Å². The van der Waals surface area contributed by atoms with Crippen LogP contribution in [-0.2, 0) is 0 Å². The molecule has 0 aliphatic heterocycles. The zero-order valence-electron chi connectivity index (χ0n) is 36.0. The maximum Gasteiger partial charge on any atom is 0.164 e. The number of para-hydroxylation sites is 2. The van der Waals surface area contributed by atoms with E-state index in [1.54, 1.807) is 0 Å². The highest BCUT2D eigenvalue weighted by atomic mass is 16.3. The highest BCUT2D eigenvalue weighted by Gasteiger charge is 2.23. The van der Waals surface area contributed by atoms with Crippen molar-refractivity contribution in [3.63, 3.8) is 0 Å². The van der Waals surface area contributed by atoms with Crippen molar-refractivity contribution in [3.05, 3.63) is 218 Å². The van der Waals surface area contributed by atoms with Crippen LogP contribution in [0.25, 0.3) is 143 Å². The zero-order valence-corrected chi connectivity index (χ0v) is 36.0. The van der Waals surface area contributed by atoms with E-state index in [0.717, 1.165) is 93.5 Å². The van der Waals surface area contributed by atoms with E-state index in [0.29, 0.717) is 17.5 Å². The van der Waals surface area contributed by atoms with Gasteiger partial charge in [-0.1, -0.05) is 188 Å². The number of rotatable bonds is 5. The first-order valence-electron chi connectivity index (χ1n) is 22.6. The van der Waals surface area contributed by atoms with Crippen LogP contribution in [0.4, 0.5) is 0 Å². The van der Waals surface area contributed by atoms with Crippen LogP contribution in [0.1, 0.15) is 0 Å². The minimum atomic E-state index is 0.583. The molecule has 0 radical (unpaired) electrons. The molecule has 0 aliphatic rings. The lowest BCUT2D eigenvalue weighted by molar-refractivity contribution is 0.669. The van der Waals surface area contributed by atoms with Gasteiger partial charge in [-0.15, -0.1) is 0 Å². The number of hydrogen-bond acceptors (Lipinski definition) is 5. The molecule has 3 heterocycles. The molecular formula is C62H36N4O. The minimum Gasteiger partial charge on any atom is -0.456 e. The largest absolute Gasteiger partial charge is 0.456 e. The monoisotopic (exact) mass is 852 g/mol. The molecule has 67 heavy (non-hydrogen) atoms. The third-order valence-corrected chi connectivity index (χ3v) is 13.5. The van der Waals surface area contributed by atoms with Crippen molar-refractivity contribution in [2.75, 3.05) is 0 Å². The summed E-state index contributed by atoms with van der Waals surface area (Å²) < 4.78 is 6.82. The average Bonchev–Trinajstić information content (AvgIpc) is 3.78. The van der Waals surface area contributed by atoms with E-state index in [-0.39, 0.29) is 0 Å². The normalized spacial score (nSPS) is 11.9. The lowest BCUT2D eigenvalue weighted by Crippen LogP contribution is -2.01. The van der Waals surface area contributed by atoms with Crippen molar-refractivity contribution < 1.29 is 4.42 Å². The minimum absolute atomic E-state index is 0.583. The second-order valence-electron chi connectivity index (χ2n) is 17.3. The number of furan rings is 1. The summed E-state index contributed by atoms with van der Waals surface area (Å²) in [5, 5.41) is 15.0. The molecule has 5 heteroatoms. The van der Waals surface area contributed by atoms with Gasteiger partial charge in [-0.2, -0.15) is 0 Å². The molecule has 0 unspecified atom stereocenters. The number of nitrogens with zero attached hydrogens (tertiary/aromatic N) is 4. The van der Waals surface area contributed by atoms with Gasteiger partial charge in [-0.05, 0) is 79.0 Å². The maximum absolute atomic E-state index is 6.82. The smallest absolute Gasteiger partial charge is 0.164 e. The van der Waals surface area contributed by atoms with Crippen LogP contribution in [0, 0.1) is 0 Å². The topological polar surface area (TPSA) is 64.7 Å². The standard InChI is InChI=1S/C62H36N4O/c1-2-17-38(18-3-1)60-64-61(66-62(65-60)48-29-15-19-37-16-4-5-22-42(37)48)41-21-14-20-40(34-41)59-52-36-55-58(50-28-11-13-31-54(50)67-55)56(57(52)49-27-10-12-30-53(49)63-59)39-32-33-47-45-25-7-6-23-43(45)44-24-8-9-26-46(44)51(47)35-39/h1-36H. The summed E-state index contributed by atoms with van der Waals surface area (Å²) in [6, 6.07) is 76.9. The Labute approximate surface area is 384 Å². The molecule has 0 aliphatic carbocycles. The quantitative estimate of drug-likeness (QED) is 0.161.